The Balaban J connectivity index is 2.10. The molecule has 0 aromatic heterocycles. The number of hydrogen-bond donors (Lipinski definition) is 2. The number of nitrogens with one attached hydrogen (secondary N) is 1. The smallest absolute Gasteiger partial charge is 0.253 e. The summed E-state index contributed by atoms with van der Waals surface area (Å²) in [5.41, 5.74) is 7.93. The van der Waals surface area contributed by atoms with Crippen molar-refractivity contribution in [3.63, 3.8) is 0 Å². The second-order valence-electron chi connectivity index (χ2n) is 5.88. The van der Waals surface area contributed by atoms with Crippen LogP contribution in [0, 0.1) is 5.92 Å². The second kappa shape index (κ2) is 6.80. The van der Waals surface area contributed by atoms with Gasteiger partial charge in [-0.25, -0.2) is 0 Å². The molecule has 0 aliphatic carbocycles. The number of nitrogens with zero attached hydrogens (tertiary/aromatic N) is 1. The molecule has 0 saturated carbocycles. The first-order chi connectivity index (χ1) is 9.99. The summed E-state index contributed by atoms with van der Waals surface area (Å²) in [6.07, 6.45) is 2.00. The third-order valence-electron chi connectivity index (χ3n) is 4.08. The van der Waals surface area contributed by atoms with Crippen molar-refractivity contribution in [2.75, 3.05) is 37.9 Å². The van der Waals surface area contributed by atoms with Gasteiger partial charge in [0.05, 0.1) is 5.56 Å². The molecule has 1 amide bonds. The summed E-state index contributed by atoms with van der Waals surface area (Å²) >= 11 is 0. The molecule has 1 aliphatic rings. The van der Waals surface area contributed by atoms with Crippen LogP contribution in [0.4, 0.5) is 11.4 Å². The molecule has 1 atom stereocenters. The van der Waals surface area contributed by atoms with Crippen LogP contribution in [0.5, 0.6) is 0 Å². The van der Waals surface area contributed by atoms with Crippen molar-refractivity contribution in [2.45, 2.75) is 25.8 Å². The molecular formula is C16H25N3O2. The van der Waals surface area contributed by atoms with Crippen molar-refractivity contribution >= 4 is 17.3 Å². The number of hydrogen-bond acceptors (Lipinski definition) is 4. The molecule has 1 aromatic carbocycles. The third-order valence-corrected chi connectivity index (χ3v) is 4.08. The number of benzene rings is 1. The van der Waals surface area contributed by atoms with E-state index in [1.807, 2.05) is 31.1 Å². The predicted octanol–water partition coefficient (Wildman–Crippen LogP) is 1.88. The highest BCUT2D eigenvalue weighted by molar-refractivity contribution is 6.00. The molecule has 0 spiro atoms. The van der Waals surface area contributed by atoms with Gasteiger partial charge in [0.25, 0.3) is 5.91 Å². The van der Waals surface area contributed by atoms with Crippen molar-refractivity contribution in [3.8, 4) is 0 Å². The summed E-state index contributed by atoms with van der Waals surface area (Å²) in [4.78, 5) is 14.5. The van der Waals surface area contributed by atoms with Crippen LogP contribution in [0.25, 0.3) is 0 Å². The summed E-state index contributed by atoms with van der Waals surface area (Å²) in [5, 5.41) is 3.11. The van der Waals surface area contributed by atoms with E-state index in [4.69, 9.17) is 10.5 Å². The van der Waals surface area contributed by atoms with E-state index in [1.54, 1.807) is 6.07 Å². The van der Waals surface area contributed by atoms with E-state index in [1.165, 1.54) is 0 Å². The van der Waals surface area contributed by atoms with Crippen LogP contribution in [-0.2, 0) is 4.74 Å². The van der Waals surface area contributed by atoms with E-state index in [0.717, 1.165) is 31.7 Å². The molecule has 21 heavy (non-hydrogen) atoms. The van der Waals surface area contributed by atoms with Gasteiger partial charge in [-0.2, -0.15) is 0 Å². The topological polar surface area (TPSA) is 67.6 Å². The van der Waals surface area contributed by atoms with Crippen molar-refractivity contribution in [1.29, 1.82) is 0 Å². The quantitative estimate of drug-likeness (QED) is 0.831. The molecule has 3 N–H and O–H groups in total. The van der Waals surface area contributed by atoms with Gasteiger partial charge < -0.3 is 20.7 Å². The first-order valence-electron chi connectivity index (χ1n) is 7.44. The monoisotopic (exact) mass is 291 g/mol. The van der Waals surface area contributed by atoms with Crippen LogP contribution in [0.1, 0.15) is 30.1 Å². The number of nitrogen functional groups attached to an aromatic ring is 1. The van der Waals surface area contributed by atoms with Crippen LogP contribution in [0.3, 0.4) is 0 Å². The number of anilines is 2. The largest absolute Gasteiger partial charge is 0.399 e. The first-order valence-corrected chi connectivity index (χ1v) is 7.44. The second-order valence-corrected chi connectivity index (χ2v) is 5.88. The minimum Gasteiger partial charge on any atom is -0.399 e. The molecule has 1 fully saturated rings. The maximum atomic E-state index is 12.6. The predicted molar refractivity (Wildman–Crippen MR) is 85.7 cm³/mol. The Kier molecular flexibility index (Phi) is 5.07. The summed E-state index contributed by atoms with van der Waals surface area (Å²) in [6, 6.07) is 5.57. The van der Waals surface area contributed by atoms with E-state index in [2.05, 4.69) is 12.2 Å². The molecule has 0 radical (unpaired) electrons. The molecule has 5 nitrogen and oxygen atoms in total. The van der Waals surface area contributed by atoms with Gasteiger partial charge in [0.15, 0.2) is 0 Å². The lowest BCUT2D eigenvalue weighted by Crippen LogP contribution is -2.40. The fraction of sp³-hybridized carbons (Fsp3) is 0.562. The molecule has 116 valence electrons. The number of amides is 1. The highest BCUT2D eigenvalue weighted by Gasteiger charge is 2.23. The van der Waals surface area contributed by atoms with Crippen molar-refractivity contribution < 1.29 is 9.53 Å². The van der Waals surface area contributed by atoms with Crippen molar-refractivity contribution in [1.82, 2.24) is 5.32 Å². The van der Waals surface area contributed by atoms with Crippen LogP contribution in [0.15, 0.2) is 18.2 Å². The Morgan fingerprint density at radius 3 is 2.67 bits per heavy atom. The molecule has 1 heterocycles. The van der Waals surface area contributed by atoms with Gasteiger partial charge in [0.1, 0.15) is 0 Å². The first kappa shape index (κ1) is 15.6. The highest BCUT2D eigenvalue weighted by Crippen LogP contribution is 2.23. The molecule has 5 heteroatoms. The van der Waals surface area contributed by atoms with E-state index >= 15 is 0 Å². The van der Waals surface area contributed by atoms with Gasteiger partial charge in [0.2, 0.25) is 0 Å². The summed E-state index contributed by atoms with van der Waals surface area (Å²) < 4.78 is 5.37. The fourth-order valence-electron chi connectivity index (χ4n) is 2.74. The van der Waals surface area contributed by atoms with Crippen LogP contribution < -0.4 is 16.0 Å². The summed E-state index contributed by atoms with van der Waals surface area (Å²) in [6.45, 7) is 3.63. The zero-order chi connectivity index (χ0) is 15.4. The zero-order valence-electron chi connectivity index (χ0n) is 13.1. The minimum absolute atomic E-state index is 0.0648. The lowest BCUT2D eigenvalue weighted by Gasteiger charge is -2.29. The maximum absolute atomic E-state index is 12.6. The molecule has 2 rings (SSSR count). The van der Waals surface area contributed by atoms with E-state index in [-0.39, 0.29) is 11.9 Å². The zero-order valence-corrected chi connectivity index (χ0v) is 13.1. The summed E-state index contributed by atoms with van der Waals surface area (Å²) in [5.74, 6) is 0.413. The standard InChI is InChI=1S/C16H25N3O2/c1-11(12-6-8-21-9-7-12)18-16(20)14-10-13(17)4-5-15(14)19(2)3/h4-5,10-12H,6-9,17H2,1-3H3,(H,18,20). The van der Waals surface area contributed by atoms with E-state index < -0.39 is 0 Å². The van der Waals surface area contributed by atoms with Gasteiger partial charge in [-0.05, 0) is 43.9 Å². The number of carbonyl (C=O) groups excluding carboxylic acids is 1. The van der Waals surface area contributed by atoms with Gasteiger partial charge in [-0.3, -0.25) is 4.79 Å². The number of nitrogens with two attached hydrogens (primary N) is 1. The van der Waals surface area contributed by atoms with Crippen LogP contribution >= 0.6 is 0 Å². The molecule has 1 unspecified atom stereocenters. The maximum Gasteiger partial charge on any atom is 0.253 e. The Morgan fingerprint density at radius 1 is 1.38 bits per heavy atom. The SMILES string of the molecule is CC(NC(=O)c1cc(N)ccc1N(C)C)C1CCOCC1. The Labute approximate surface area is 126 Å². The van der Waals surface area contributed by atoms with Crippen molar-refractivity contribution in [3.05, 3.63) is 23.8 Å². The number of ether oxygens (including phenoxy) is 1. The van der Waals surface area contributed by atoms with Gasteiger partial charge in [-0.1, -0.05) is 0 Å². The van der Waals surface area contributed by atoms with Gasteiger partial charge >= 0.3 is 0 Å². The Hall–Kier alpha value is -1.75. The number of rotatable bonds is 4. The molecule has 1 aliphatic heterocycles. The Bertz CT molecular complexity index is 496. The van der Waals surface area contributed by atoms with Crippen LogP contribution in [0.2, 0.25) is 0 Å². The van der Waals surface area contributed by atoms with Crippen molar-refractivity contribution in [2.24, 2.45) is 5.92 Å². The molecule has 0 bridgehead atoms. The lowest BCUT2D eigenvalue weighted by atomic mass is 9.92. The van der Waals surface area contributed by atoms with Gasteiger partial charge in [0, 0.05) is 44.7 Å². The molecule has 1 saturated heterocycles. The number of carbonyl (C=O) groups is 1. The minimum atomic E-state index is -0.0648. The normalized spacial score (nSPS) is 17.3. The average Bonchev–Trinajstić information content (AvgIpc) is 2.47. The molecule has 1 aromatic rings. The highest BCUT2D eigenvalue weighted by atomic mass is 16.5. The van der Waals surface area contributed by atoms with Gasteiger partial charge in [-0.15, -0.1) is 0 Å². The fourth-order valence-corrected chi connectivity index (χ4v) is 2.74. The van der Waals surface area contributed by atoms with E-state index in [0.29, 0.717) is 17.2 Å². The average molecular weight is 291 g/mol. The summed E-state index contributed by atoms with van der Waals surface area (Å²) in [7, 11) is 3.84. The van der Waals surface area contributed by atoms with Crippen LogP contribution in [-0.4, -0.2) is 39.3 Å². The van der Waals surface area contributed by atoms with E-state index in [9.17, 15) is 4.79 Å². The lowest BCUT2D eigenvalue weighted by molar-refractivity contribution is 0.0538. The third kappa shape index (κ3) is 3.88. The molecular weight excluding hydrogens is 266 g/mol. The Morgan fingerprint density at radius 2 is 2.05 bits per heavy atom.